The fraction of sp³-hybridized carbons (Fsp3) is 0.417. The van der Waals surface area contributed by atoms with Gasteiger partial charge in [0, 0.05) is 31.7 Å². The molecular weight excluding hydrogens is 238 g/mol. The number of carbonyl (C=O) groups is 1. The summed E-state index contributed by atoms with van der Waals surface area (Å²) in [5, 5.41) is 3.42. The number of amides is 1. The quantitative estimate of drug-likeness (QED) is 0.747. The molecular formula is C12H16ClN3O. The first-order valence-electron chi connectivity index (χ1n) is 5.65. The van der Waals surface area contributed by atoms with Crippen molar-refractivity contribution in [2.75, 3.05) is 30.3 Å². The van der Waals surface area contributed by atoms with E-state index in [2.05, 4.69) is 10.2 Å². The maximum atomic E-state index is 11.3. The molecule has 3 N–H and O–H groups in total. The number of nitrogens with one attached hydrogen (secondary N) is 1. The highest BCUT2D eigenvalue weighted by molar-refractivity contribution is 6.33. The summed E-state index contributed by atoms with van der Waals surface area (Å²) in [6.07, 6.45) is 0.515. The van der Waals surface area contributed by atoms with E-state index in [1.165, 1.54) is 0 Å². The van der Waals surface area contributed by atoms with Crippen molar-refractivity contribution < 1.29 is 4.79 Å². The first kappa shape index (κ1) is 12.0. The van der Waals surface area contributed by atoms with Crippen LogP contribution in [0, 0.1) is 6.92 Å². The summed E-state index contributed by atoms with van der Waals surface area (Å²) in [6, 6.07) is 3.75. The van der Waals surface area contributed by atoms with Gasteiger partial charge in [-0.1, -0.05) is 11.6 Å². The molecule has 1 fully saturated rings. The third-order valence-electron chi connectivity index (χ3n) is 2.97. The normalized spacial score (nSPS) is 16.6. The van der Waals surface area contributed by atoms with Crippen LogP contribution in [0.15, 0.2) is 12.1 Å². The lowest BCUT2D eigenvalue weighted by Gasteiger charge is -2.24. The van der Waals surface area contributed by atoms with E-state index >= 15 is 0 Å². The van der Waals surface area contributed by atoms with Gasteiger partial charge in [-0.2, -0.15) is 0 Å². The van der Waals surface area contributed by atoms with Crippen LogP contribution in [0.5, 0.6) is 0 Å². The molecule has 1 aliphatic rings. The Morgan fingerprint density at radius 2 is 2.18 bits per heavy atom. The lowest BCUT2D eigenvalue weighted by atomic mass is 10.1. The molecule has 0 spiro atoms. The number of carbonyl (C=O) groups excluding carboxylic acids is 1. The molecule has 1 aromatic rings. The molecule has 5 heteroatoms. The monoisotopic (exact) mass is 253 g/mol. The maximum absolute atomic E-state index is 11.3. The molecule has 4 nitrogen and oxygen atoms in total. The molecule has 92 valence electrons. The van der Waals surface area contributed by atoms with Gasteiger partial charge in [0.15, 0.2) is 0 Å². The van der Waals surface area contributed by atoms with Gasteiger partial charge in [0.05, 0.1) is 10.7 Å². The number of anilines is 2. The van der Waals surface area contributed by atoms with Crippen molar-refractivity contribution in [2.24, 2.45) is 0 Å². The Kier molecular flexibility index (Phi) is 3.43. The van der Waals surface area contributed by atoms with E-state index < -0.39 is 0 Å². The molecule has 0 radical (unpaired) electrons. The van der Waals surface area contributed by atoms with E-state index in [9.17, 15) is 4.79 Å². The van der Waals surface area contributed by atoms with Crippen LogP contribution >= 0.6 is 11.6 Å². The number of hydrogen-bond acceptors (Lipinski definition) is 3. The summed E-state index contributed by atoms with van der Waals surface area (Å²) in [5.74, 6) is 0.103. The number of nitrogens with zero attached hydrogens (tertiary/aromatic N) is 1. The van der Waals surface area contributed by atoms with Crippen LogP contribution < -0.4 is 16.0 Å². The second-order valence-corrected chi connectivity index (χ2v) is 4.65. The van der Waals surface area contributed by atoms with Crippen molar-refractivity contribution in [3.05, 3.63) is 22.7 Å². The highest BCUT2D eigenvalue weighted by atomic mass is 35.5. The standard InChI is InChI=1S/C12H16ClN3O/c1-8-6-10(14)9(13)7-11(8)16-4-2-12(17)15-3-5-16/h6-7H,2-5,14H2,1H3,(H,15,17). The largest absolute Gasteiger partial charge is 0.398 e. The van der Waals surface area contributed by atoms with Crippen molar-refractivity contribution in [1.82, 2.24) is 5.32 Å². The number of nitrogen functional groups attached to an aromatic ring is 1. The van der Waals surface area contributed by atoms with E-state index in [-0.39, 0.29) is 5.91 Å². The van der Waals surface area contributed by atoms with E-state index in [1.807, 2.05) is 19.1 Å². The van der Waals surface area contributed by atoms with Gasteiger partial charge in [-0.3, -0.25) is 4.79 Å². The van der Waals surface area contributed by atoms with E-state index in [0.717, 1.165) is 17.8 Å². The zero-order valence-corrected chi connectivity index (χ0v) is 10.5. The van der Waals surface area contributed by atoms with Gasteiger partial charge < -0.3 is 16.0 Å². The van der Waals surface area contributed by atoms with Gasteiger partial charge in [0.1, 0.15) is 0 Å². The second-order valence-electron chi connectivity index (χ2n) is 4.25. The van der Waals surface area contributed by atoms with Crippen LogP contribution in [0.3, 0.4) is 0 Å². The molecule has 1 aromatic carbocycles. The molecule has 1 aliphatic heterocycles. The Bertz CT molecular complexity index is 448. The number of nitrogens with two attached hydrogens (primary N) is 1. The highest BCUT2D eigenvalue weighted by Crippen LogP contribution is 2.29. The molecule has 1 heterocycles. The molecule has 2 rings (SSSR count). The van der Waals surface area contributed by atoms with Gasteiger partial charge in [0.2, 0.25) is 5.91 Å². The minimum atomic E-state index is 0.103. The molecule has 0 saturated carbocycles. The summed E-state index contributed by atoms with van der Waals surface area (Å²) < 4.78 is 0. The molecule has 0 aromatic heterocycles. The maximum Gasteiger partial charge on any atom is 0.221 e. The minimum absolute atomic E-state index is 0.103. The molecule has 0 unspecified atom stereocenters. The fourth-order valence-corrected chi connectivity index (χ4v) is 2.20. The van der Waals surface area contributed by atoms with Crippen LogP contribution in [-0.2, 0) is 4.79 Å². The molecule has 0 aliphatic carbocycles. The summed E-state index contributed by atoms with van der Waals surface area (Å²) >= 11 is 6.04. The Balaban J connectivity index is 2.27. The van der Waals surface area contributed by atoms with Gasteiger partial charge in [-0.25, -0.2) is 0 Å². The van der Waals surface area contributed by atoms with Crippen molar-refractivity contribution in [3.8, 4) is 0 Å². The van der Waals surface area contributed by atoms with Gasteiger partial charge in [-0.05, 0) is 24.6 Å². The lowest BCUT2D eigenvalue weighted by molar-refractivity contribution is -0.120. The van der Waals surface area contributed by atoms with Crippen LogP contribution in [0.4, 0.5) is 11.4 Å². The summed E-state index contributed by atoms with van der Waals surface area (Å²) in [4.78, 5) is 13.4. The molecule has 0 bridgehead atoms. The van der Waals surface area contributed by atoms with Crippen LogP contribution in [0.25, 0.3) is 0 Å². The molecule has 17 heavy (non-hydrogen) atoms. The van der Waals surface area contributed by atoms with Crippen molar-refractivity contribution in [3.63, 3.8) is 0 Å². The van der Waals surface area contributed by atoms with Crippen molar-refractivity contribution >= 4 is 28.9 Å². The SMILES string of the molecule is Cc1cc(N)c(Cl)cc1N1CCNC(=O)CC1. The number of benzene rings is 1. The van der Waals surface area contributed by atoms with Crippen molar-refractivity contribution in [1.29, 1.82) is 0 Å². The average molecular weight is 254 g/mol. The second kappa shape index (κ2) is 4.84. The predicted molar refractivity (Wildman–Crippen MR) is 70.4 cm³/mol. The van der Waals surface area contributed by atoms with Crippen LogP contribution in [0.1, 0.15) is 12.0 Å². The van der Waals surface area contributed by atoms with E-state index in [0.29, 0.717) is 30.2 Å². The first-order chi connectivity index (χ1) is 8.08. The topological polar surface area (TPSA) is 58.4 Å². The number of halogens is 1. The Morgan fingerprint density at radius 1 is 1.41 bits per heavy atom. The van der Waals surface area contributed by atoms with Gasteiger partial charge in [0.25, 0.3) is 0 Å². The summed E-state index contributed by atoms with van der Waals surface area (Å²) in [5.41, 5.74) is 8.49. The summed E-state index contributed by atoms with van der Waals surface area (Å²) in [7, 11) is 0. The molecule has 1 amide bonds. The highest BCUT2D eigenvalue weighted by Gasteiger charge is 2.16. The summed E-state index contributed by atoms with van der Waals surface area (Å²) in [6.45, 7) is 4.18. The minimum Gasteiger partial charge on any atom is -0.398 e. The third kappa shape index (κ3) is 2.64. The zero-order valence-electron chi connectivity index (χ0n) is 9.79. The molecule has 0 atom stereocenters. The van der Waals surface area contributed by atoms with E-state index in [4.69, 9.17) is 17.3 Å². The predicted octanol–water partition coefficient (Wildman–Crippen LogP) is 1.56. The Hall–Kier alpha value is -1.42. The van der Waals surface area contributed by atoms with Crippen molar-refractivity contribution in [2.45, 2.75) is 13.3 Å². The first-order valence-corrected chi connectivity index (χ1v) is 6.03. The smallest absolute Gasteiger partial charge is 0.221 e. The number of rotatable bonds is 1. The van der Waals surface area contributed by atoms with Gasteiger partial charge in [-0.15, -0.1) is 0 Å². The fourth-order valence-electron chi connectivity index (χ4n) is 2.04. The average Bonchev–Trinajstić information content (AvgIpc) is 2.49. The Labute approximate surface area is 106 Å². The number of aryl methyl sites for hydroxylation is 1. The molecule has 1 saturated heterocycles. The van der Waals surface area contributed by atoms with Gasteiger partial charge >= 0.3 is 0 Å². The Morgan fingerprint density at radius 3 is 2.94 bits per heavy atom. The van der Waals surface area contributed by atoms with E-state index in [1.54, 1.807) is 0 Å². The van der Waals surface area contributed by atoms with Crippen LogP contribution in [0.2, 0.25) is 5.02 Å². The third-order valence-corrected chi connectivity index (χ3v) is 3.30. The van der Waals surface area contributed by atoms with Crippen LogP contribution in [-0.4, -0.2) is 25.5 Å². The number of hydrogen-bond donors (Lipinski definition) is 2. The zero-order chi connectivity index (χ0) is 12.4. The lowest BCUT2D eigenvalue weighted by Crippen LogP contribution is -2.28.